The van der Waals surface area contributed by atoms with Crippen LogP contribution in [0.2, 0.25) is 0 Å². The van der Waals surface area contributed by atoms with Crippen molar-refractivity contribution in [2.75, 3.05) is 6.54 Å². The number of carbonyl (C=O) groups is 1. The quantitative estimate of drug-likeness (QED) is 0.914. The molecule has 25 heavy (non-hydrogen) atoms. The normalized spacial score (nSPS) is 14.3. The third kappa shape index (κ3) is 3.81. The van der Waals surface area contributed by atoms with Gasteiger partial charge in [-0.1, -0.05) is 50.6 Å². The maximum Gasteiger partial charge on any atom is 0.256 e. The number of aromatic nitrogens is 2. The summed E-state index contributed by atoms with van der Waals surface area (Å²) in [4.78, 5) is 34.3. The number of hydrogen-bond donors (Lipinski definition) is 1. The van der Waals surface area contributed by atoms with Gasteiger partial charge in [-0.2, -0.15) is 0 Å². The van der Waals surface area contributed by atoms with Gasteiger partial charge >= 0.3 is 0 Å². The molecule has 0 saturated carbocycles. The van der Waals surface area contributed by atoms with E-state index in [0.29, 0.717) is 37.3 Å². The number of nitrogens with one attached hydrogen (secondary N) is 1. The molecule has 0 saturated heterocycles. The summed E-state index contributed by atoms with van der Waals surface area (Å²) in [6, 6.07) is 8.22. The molecule has 0 unspecified atom stereocenters. The molecule has 0 aliphatic carbocycles. The molecule has 2 aromatic rings. The number of hydrogen-bond acceptors (Lipinski definition) is 3. The summed E-state index contributed by atoms with van der Waals surface area (Å²) in [6.45, 7) is 8.71. The van der Waals surface area contributed by atoms with Crippen molar-refractivity contribution in [3.8, 4) is 0 Å². The van der Waals surface area contributed by atoms with Gasteiger partial charge in [-0.05, 0) is 12.5 Å². The van der Waals surface area contributed by atoms with Crippen LogP contribution in [-0.4, -0.2) is 27.3 Å². The van der Waals surface area contributed by atoms with E-state index in [1.54, 1.807) is 4.90 Å². The fourth-order valence-corrected chi connectivity index (χ4v) is 3.11. The topological polar surface area (TPSA) is 66.1 Å². The second-order valence-electron chi connectivity index (χ2n) is 7.83. The lowest BCUT2D eigenvalue weighted by molar-refractivity contribution is -0.140. The van der Waals surface area contributed by atoms with Crippen molar-refractivity contribution in [3.63, 3.8) is 0 Å². The van der Waals surface area contributed by atoms with Crippen molar-refractivity contribution >= 4 is 5.91 Å². The maximum atomic E-state index is 12.5. The smallest absolute Gasteiger partial charge is 0.256 e. The first kappa shape index (κ1) is 17.4. The fraction of sp³-hybridized carbons (Fsp3) is 0.450. The maximum absolute atomic E-state index is 12.5. The molecule has 0 fully saturated rings. The first-order valence-corrected chi connectivity index (χ1v) is 8.70. The highest BCUT2D eigenvalue weighted by Gasteiger charge is 2.31. The molecule has 0 spiro atoms. The van der Waals surface area contributed by atoms with Crippen molar-refractivity contribution in [2.24, 2.45) is 5.41 Å². The van der Waals surface area contributed by atoms with Crippen LogP contribution in [0.15, 0.2) is 29.1 Å². The molecule has 2 heterocycles. The van der Waals surface area contributed by atoms with Crippen molar-refractivity contribution < 1.29 is 4.79 Å². The summed E-state index contributed by atoms with van der Waals surface area (Å²) < 4.78 is 0. The van der Waals surface area contributed by atoms with Crippen molar-refractivity contribution in [1.82, 2.24) is 14.9 Å². The van der Waals surface area contributed by atoms with E-state index in [1.807, 2.05) is 27.7 Å². The second-order valence-corrected chi connectivity index (χ2v) is 7.83. The summed E-state index contributed by atoms with van der Waals surface area (Å²) in [5.41, 5.74) is 3.20. The number of rotatable bonds is 2. The Hall–Kier alpha value is -2.43. The van der Waals surface area contributed by atoms with Gasteiger partial charge in [0.25, 0.3) is 5.56 Å². The van der Waals surface area contributed by atoms with E-state index in [2.05, 4.69) is 34.2 Å². The molecule has 1 N–H and O–H groups in total. The second kappa shape index (κ2) is 6.47. The molecule has 1 amide bonds. The van der Waals surface area contributed by atoms with Gasteiger partial charge in [0, 0.05) is 24.8 Å². The van der Waals surface area contributed by atoms with Crippen molar-refractivity contribution in [3.05, 3.63) is 62.8 Å². The summed E-state index contributed by atoms with van der Waals surface area (Å²) >= 11 is 0. The molecule has 3 rings (SSSR count). The van der Waals surface area contributed by atoms with Crippen LogP contribution in [0.4, 0.5) is 0 Å². The highest BCUT2D eigenvalue weighted by atomic mass is 16.2. The average molecular weight is 339 g/mol. The van der Waals surface area contributed by atoms with Crippen LogP contribution in [0.25, 0.3) is 0 Å². The largest absolute Gasteiger partial charge is 0.337 e. The molecular formula is C20H25N3O2. The lowest BCUT2D eigenvalue weighted by atomic mass is 9.93. The van der Waals surface area contributed by atoms with E-state index in [0.717, 1.165) is 11.3 Å². The molecule has 0 bridgehead atoms. The van der Waals surface area contributed by atoms with E-state index in [-0.39, 0.29) is 11.5 Å². The lowest BCUT2D eigenvalue weighted by Crippen LogP contribution is -2.44. The average Bonchev–Trinajstić information content (AvgIpc) is 2.55. The van der Waals surface area contributed by atoms with E-state index < -0.39 is 5.41 Å². The first-order chi connectivity index (χ1) is 11.7. The predicted octanol–water partition coefficient (Wildman–Crippen LogP) is 2.60. The highest BCUT2D eigenvalue weighted by molar-refractivity contribution is 5.81. The summed E-state index contributed by atoms with van der Waals surface area (Å²) in [5.74, 6) is 0.754. The summed E-state index contributed by atoms with van der Waals surface area (Å²) in [6.07, 6.45) is 1.23. The van der Waals surface area contributed by atoms with Crippen LogP contribution in [0.5, 0.6) is 0 Å². The molecule has 5 nitrogen and oxygen atoms in total. The monoisotopic (exact) mass is 339 g/mol. The molecule has 1 aliphatic rings. The zero-order valence-corrected chi connectivity index (χ0v) is 15.3. The molecule has 5 heteroatoms. The Morgan fingerprint density at radius 1 is 1.24 bits per heavy atom. The SMILES string of the molecule is Cc1ccc(Cc2nc3c(c(=O)[nH]2)CN(C(=O)C(C)(C)C)CC3)cc1. The molecular weight excluding hydrogens is 314 g/mol. The Labute approximate surface area is 148 Å². The number of aromatic amines is 1. The minimum absolute atomic E-state index is 0.0706. The summed E-state index contributed by atoms with van der Waals surface area (Å²) in [5, 5.41) is 0. The van der Waals surface area contributed by atoms with Gasteiger partial charge in [0.1, 0.15) is 5.82 Å². The fourth-order valence-electron chi connectivity index (χ4n) is 3.11. The number of carbonyl (C=O) groups excluding carboxylic acids is 1. The van der Waals surface area contributed by atoms with E-state index >= 15 is 0 Å². The van der Waals surface area contributed by atoms with Crippen LogP contribution in [0.3, 0.4) is 0 Å². The van der Waals surface area contributed by atoms with Gasteiger partial charge in [-0.15, -0.1) is 0 Å². The van der Waals surface area contributed by atoms with E-state index in [1.165, 1.54) is 5.56 Å². The number of H-pyrrole nitrogens is 1. The number of benzene rings is 1. The van der Waals surface area contributed by atoms with Gasteiger partial charge in [0.2, 0.25) is 5.91 Å². The summed E-state index contributed by atoms with van der Waals surface area (Å²) in [7, 11) is 0. The molecule has 0 atom stereocenters. The lowest BCUT2D eigenvalue weighted by Gasteiger charge is -2.32. The Bertz CT molecular complexity index is 845. The van der Waals surface area contributed by atoms with Crippen LogP contribution in [0.1, 0.15) is 49.0 Å². The van der Waals surface area contributed by atoms with Crippen LogP contribution in [0, 0.1) is 12.3 Å². The molecule has 132 valence electrons. The Morgan fingerprint density at radius 3 is 2.56 bits per heavy atom. The van der Waals surface area contributed by atoms with Gasteiger partial charge in [-0.25, -0.2) is 4.98 Å². The van der Waals surface area contributed by atoms with Gasteiger partial charge in [0.05, 0.1) is 17.8 Å². The van der Waals surface area contributed by atoms with Gasteiger partial charge in [0.15, 0.2) is 0 Å². The van der Waals surface area contributed by atoms with Crippen LogP contribution >= 0.6 is 0 Å². The minimum Gasteiger partial charge on any atom is -0.337 e. The third-order valence-electron chi connectivity index (χ3n) is 4.54. The predicted molar refractivity (Wildman–Crippen MR) is 97.4 cm³/mol. The number of amides is 1. The zero-order valence-electron chi connectivity index (χ0n) is 15.3. The Kier molecular flexibility index (Phi) is 4.50. The molecule has 0 radical (unpaired) electrons. The van der Waals surface area contributed by atoms with E-state index in [4.69, 9.17) is 0 Å². The minimum atomic E-state index is -0.441. The van der Waals surface area contributed by atoms with Gasteiger partial charge < -0.3 is 9.88 Å². The first-order valence-electron chi connectivity index (χ1n) is 8.70. The van der Waals surface area contributed by atoms with Gasteiger partial charge in [-0.3, -0.25) is 9.59 Å². The van der Waals surface area contributed by atoms with Crippen LogP contribution in [-0.2, 0) is 24.2 Å². The zero-order chi connectivity index (χ0) is 18.2. The van der Waals surface area contributed by atoms with Crippen molar-refractivity contribution in [1.29, 1.82) is 0 Å². The Morgan fingerprint density at radius 2 is 1.92 bits per heavy atom. The highest BCUT2D eigenvalue weighted by Crippen LogP contribution is 2.22. The molecule has 1 aliphatic heterocycles. The Balaban J connectivity index is 1.83. The standard InChI is InChI=1S/C20H25N3O2/c1-13-5-7-14(8-6-13)11-17-21-16-9-10-23(19(25)20(2,3)4)12-15(16)18(24)22-17/h5-8H,9-12H2,1-4H3,(H,21,22,24). The third-order valence-corrected chi connectivity index (χ3v) is 4.54. The number of nitrogens with zero attached hydrogens (tertiary/aromatic N) is 2. The molecule has 1 aromatic heterocycles. The van der Waals surface area contributed by atoms with Crippen molar-refractivity contribution in [2.45, 2.75) is 47.1 Å². The van der Waals surface area contributed by atoms with E-state index in [9.17, 15) is 9.59 Å². The number of aryl methyl sites for hydroxylation is 1. The van der Waals surface area contributed by atoms with Crippen LogP contribution < -0.4 is 5.56 Å². The number of fused-ring (bicyclic) bond motifs is 1. The molecule has 1 aromatic carbocycles.